The van der Waals surface area contributed by atoms with Crippen LogP contribution < -0.4 is 5.73 Å². The molecule has 104 valence electrons. The van der Waals surface area contributed by atoms with Gasteiger partial charge in [0.25, 0.3) is 5.97 Å². The third-order valence-corrected chi connectivity index (χ3v) is 4.38. The molecule has 5 heteroatoms. The molecule has 0 unspecified atom stereocenters. The molecule has 0 fully saturated rings. The highest BCUT2D eigenvalue weighted by Crippen LogP contribution is 2.22. The Morgan fingerprint density at radius 1 is 0.941 bits per heavy atom. The monoisotopic (exact) mass is 263 g/mol. The fourth-order valence-corrected chi connectivity index (χ4v) is 3.52. The SMILES string of the molecule is CCOC(CC[SiH2]CCCN)(OCC)OCC. The minimum Gasteiger partial charge on any atom is -0.330 e. The summed E-state index contributed by atoms with van der Waals surface area (Å²) in [5.41, 5.74) is 5.49. The predicted molar refractivity (Wildman–Crippen MR) is 74.1 cm³/mol. The maximum Gasteiger partial charge on any atom is 0.282 e. The summed E-state index contributed by atoms with van der Waals surface area (Å²) in [5.74, 6) is -0.798. The first-order valence-corrected chi connectivity index (χ1v) is 8.86. The Morgan fingerprint density at radius 3 is 1.88 bits per heavy atom. The molecule has 0 spiro atoms. The Balaban J connectivity index is 4.05. The van der Waals surface area contributed by atoms with Crippen molar-refractivity contribution >= 4 is 9.52 Å². The van der Waals surface area contributed by atoms with Crippen LogP contribution in [0.4, 0.5) is 0 Å². The van der Waals surface area contributed by atoms with Gasteiger partial charge in [0, 0.05) is 35.8 Å². The highest BCUT2D eigenvalue weighted by Gasteiger charge is 2.31. The van der Waals surface area contributed by atoms with Crippen molar-refractivity contribution in [3.8, 4) is 0 Å². The summed E-state index contributed by atoms with van der Waals surface area (Å²) in [5, 5.41) is 0. The minimum atomic E-state index is -0.798. The number of hydrogen-bond donors (Lipinski definition) is 1. The lowest BCUT2D eigenvalue weighted by molar-refractivity contribution is -0.377. The van der Waals surface area contributed by atoms with Gasteiger partial charge in [-0.25, -0.2) is 0 Å². The van der Waals surface area contributed by atoms with E-state index in [9.17, 15) is 0 Å². The summed E-state index contributed by atoms with van der Waals surface area (Å²) in [6, 6.07) is 2.48. The van der Waals surface area contributed by atoms with Crippen LogP contribution in [0.5, 0.6) is 0 Å². The van der Waals surface area contributed by atoms with Crippen molar-refractivity contribution < 1.29 is 14.2 Å². The molecule has 0 aromatic heterocycles. The highest BCUT2D eigenvalue weighted by molar-refractivity contribution is 6.35. The van der Waals surface area contributed by atoms with Crippen LogP contribution in [0.25, 0.3) is 0 Å². The normalized spacial score (nSPS) is 12.7. The second-order valence-electron chi connectivity index (χ2n) is 3.93. The third kappa shape index (κ3) is 7.89. The summed E-state index contributed by atoms with van der Waals surface area (Å²) < 4.78 is 17.0. The lowest BCUT2D eigenvalue weighted by Crippen LogP contribution is -2.39. The third-order valence-electron chi connectivity index (χ3n) is 2.53. The maximum absolute atomic E-state index is 5.67. The first kappa shape index (κ1) is 17.1. The van der Waals surface area contributed by atoms with Gasteiger partial charge in [-0.1, -0.05) is 12.1 Å². The molecule has 0 bridgehead atoms. The van der Waals surface area contributed by atoms with Crippen molar-refractivity contribution in [2.45, 2.75) is 51.7 Å². The van der Waals surface area contributed by atoms with E-state index in [1.54, 1.807) is 0 Å². The smallest absolute Gasteiger partial charge is 0.282 e. The van der Waals surface area contributed by atoms with E-state index in [2.05, 4.69) is 0 Å². The van der Waals surface area contributed by atoms with E-state index in [1.165, 1.54) is 12.1 Å². The average Bonchev–Trinajstić information content (AvgIpc) is 2.30. The first-order valence-electron chi connectivity index (χ1n) is 6.86. The number of ether oxygens (including phenoxy) is 3. The minimum absolute atomic E-state index is 0.0504. The fraction of sp³-hybridized carbons (Fsp3) is 1.00. The zero-order chi connectivity index (χ0) is 13.0. The Bertz CT molecular complexity index is 153. The molecule has 0 atom stereocenters. The molecule has 0 aromatic carbocycles. The van der Waals surface area contributed by atoms with Crippen LogP contribution in [0.2, 0.25) is 12.1 Å². The Hall–Kier alpha value is 0.0569. The molecule has 0 aliphatic rings. The van der Waals surface area contributed by atoms with Crippen molar-refractivity contribution in [1.82, 2.24) is 0 Å². The molecule has 0 rings (SSSR count). The van der Waals surface area contributed by atoms with Crippen molar-refractivity contribution in [3.05, 3.63) is 0 Å². The topological polar surface area (TPSA) is 53.7 Å². The van der Waals surface area contributed by atoms with E-state index in [1.807, 2.05) is 20.8 Å². The molecule has 0 aromatic rings. The maximum atomic E-state index is 5.67. The molecule has 0 aliphatic carbocycles. The molecule has 0 saturated heterocycles. The van der Waals surface area contributed by atoms with E-state index in [-0.39, 0.29) is 9.52 Å². The van der Waals surface area contributed by atoms with Gasteiger partial charge in [-0.2, -0.15) is 0 Å². The zero-order valence-electron chi connectivity index (χ0n) is 11.7. The van der Waals surface area contributed by atoms with Gasteiger partial charge in [0.2, 0.25) is 0 Å². The van der Waals surface area contributed by atoms with Crippen LogP contribution in [-0.4, -0.2) is 41.9 Å². The second kappa shape index (κ2) is 11.2. The van der Waals surface area contributed by atoms with Gasteiger partial charge in [-0.15, -0.1) is 0 Å². The van der Waals surface area contributed by atoms with Crippen LogP contribution in [0.15, 0.2) is 0 Å². The summed E-state index contributed by atoms with van der Waals surface area (Å²) in [4.78, 5) is 0. The van der Waals surface area contributed by atoms with Gasteiger partial charge < -0.3 is 19.9 Å². The molecule has 2 N–H and O–H groups in total. The van der Waals surface area contributed by atoms with Gasteiger partial charge in [-0.3, -0.25) is 0 Å². The summed E-state index contributed by atoms with van der Waals surface area (Å²) in [6.45, 7) is 8.56. The van der Waals surface area contributed by atoms with E-state index >= 15 is 0 Å². The Kier molecular flexibility index (Phi) is 11.2. The summed E-state index contributed by atoms with van der Waals surface area (Å²) >= 11 is 0. The van der Waals surface area contributed by atoms with Crippen LogP contribution >= 0.6 is 0 Å². The number of nitrogens with two attached hydrogens (primary N) is 1. The molecule has 0 saturated carbocycles. The zero-order valence-corrected chi connectivity index (χ0v) is 13.1. The number of hydrogen-bond acceptors (Lipinski definition) is 4. The molecule has 0 aliphatic heterocycles. The summed E-state index contributed by atoms with van der Waals surface area (Å²) in [6.07, 6.45) is 2.00. The first-order chi connectivity index (χ1) is 8.24. The molecule has 0 amide bonds. The average molecular weight is 263 g/mol. The van der Waals surface area contributed by atoms with Gasteiger partial charge in [-0.05, 0) is 33.7 Å². The van der Waals surface area contributed by atoms with Crippen LogP contribution in [0, 0.1) is 0 Å². The molecule has 17 heavy (non-hydrogen) atoms. The molecular formula is C12H29NO3Si. The van der Waals surface area contributed by atoms with Gasteiger partial charge in [0.1, 0.15) is 0 Å². The largest absolute Gasteiger partial charge is 0.330 e. The lowest BCUT2D eigenvalue weighted by Gasteiger charge is -2.32. The van der Waals surface area contributed by atoms with Gasteiger partial charge in [0.15, 0.2) is 0 Å². The van der Waals surface area contributed by atoms with E-state index in [0.717, 1.165) is 19.4 Å². The van der Waals surface area contributed by atoms with E-state index in [4.69, 9.17) is 19.9 Å². The fourth-order valence-electron chi connectivity index (χ4n) is 1.84. The van der Waals surface area contributed by atoms with Gasteiger partial charge >= 0.3 is 0 Å². The van der Waals surface area contributed by atoms with Gasteiger partial charge in [0.05, 0.1) is 0 Å². The van der Waals surface area contributed by atoms with Crippen molar-refractivity contribution in [2.75, 3.05) is 26.4 Å². The molecule has 4 nitrogen and oxygen atoms in total. The Morgan fingerprint density at radius 2 is 1.47 bits per heavy atom. The van der Waals surface area contributed by atoms with Crippen LogP contribution in [0.1, 0.15) is 33.6 Å². The van der Waals surface area contributed by atoms with Crippen molar-refractivity contribution in [1.29, 1.82) is 0 Å². The van der Waals surface area contributed by atoms with E-state index in [0.29, 0.717) is 19.8 Å². The molecular weight excluding hydrogens is 234 g/mol. The van der Waals surface area contributed by atoms with E-state index < -0.39 is 5.97 Å². The summed E-state index contributed by atoms with van der Waals surface area (Å²) in [7, 11) is -0.0504. The van der Waals surface area contributed by atoms with Crippen molar-refractivity contribution in [2.24, 2.45) is 5.73 Å². The molecule has 0 radical (unpaired) electrons. The van der Waals surface area contributed by atoms with Crippen molar-refractivity contribution in [3.63, 3.8) is 0 Å². The quantitative estimate of drug-likeness (QED) is 0.329. The van der Waals surface area contributed by atoms with Crippen LogP contribution in [0.3, 0.4) is 0 Å². The number of rotatable bonds is 12. The predicted octanol–water partition coefficient (Wildman–Crippen LogP) is 1.49. The standard InChI is InChI=1S/C12H29NO3Si/c1-4-14-12(15-5-2,16-6-3)8-11-17-10-7-9-13/h4-11,13,17H2,1-3H3. The highest BCUT2D eigenvalue weighted by atomic mass is 28.2. The lowest BCUT2D eigenvalue weighted by atomic mass is 10.4. The Labute approximate surface area is 108 Å². The van der Waals surface area contributed by atoms with Crippen LogP contribution in [-0.2, 0) is 14.2 Å². The molecule has 0 heterocycles. The second-order valence-corrected chi connectivity index (χ2v) is 6.06.